The Hall–Kier alpha value is -2.61. The quantitative estimate of drug-likeness (QED) is 0.523. The number of urea groups is 1. The molecule has 0 aromatic heterocycles. The van der Waals surface area contributed by atoms with Crippen LogP contribution in [0.1, 0.15) is 19.4 Å². The average Bonchev–Trinajstić information content (AvgIpc) is 2.57. The summed E-state index contributed by atoms with van der Waals surface area (Å²) in [5, 5.41) is 16.7. The fourth-order valence-corrected chi connectivity index (χ4v) is 2.11. The van der Waals surface area contributed by atoms with Gasteiger partial charge in [0.05, 0.1) is 6.61 Å². The predicted octanol–water partition coefficient (Wildman–Crippen LogP) is 0.726. The van der Waals surface area contributed by atoms with Crippen molar-refractivity contribution in [1.29, 1.82) is 0 Å². The Morgan fingerprint density at radius 3 is 2.28 bits per heavy atom. The van der Waals surface area contributed by atoms with E-state index in [0.717, 1.165) is 5.56 Å². The van der Waals surface area contributed by atoms with E-state index >= 15 is 0 Å². The Bertz CT molecular complexity index is 577. The summed E-state index contributed by atoms with van der Waals surface area (Å²) in [4.78, 5) is 35.5. The van der Waals surface area contributed by atoms with E-state index in [-0.39, 0.29) is 12.5 Å². The third-order valence-electron chi connectivity index (χ3n) is 3.48. The molecule has 0 radical (unpaired) electrons. The van der Waals surface area contributed by atoms with Crippen molar-refractivity contribution in [2.75, 3.05) is 13.7 Å². The van der Waals surface area contributed by atoms with Crippen molar-refractivity contribution in [2.24, 2.45) is 5.92 Å². The molecule has 0 heterocycles. The maximum absolute atomic E-state index is 12.3. The molecule has 0 spiro atoms. The molecule has 138 valence electrons. The van der Waals surface area contributed by atoms with Gasteiger partial charge in [-0.2, -0.15) is 0 Å². The number of carboxylic acids is 1. The van der Waals surface area contributed by atoms with Crippen LogP contribution in [-0.2, 0) is 20.9 Å². The van der Waals surface area contributed by atoms with Gasteiger partial charge in [0.2, 0.25) is 5.91 Å². The Kier molecular flexibility index (Phi) is 8.42. The third kappa shape index (κ3) is 7.21. The first-order valence-corrected chi connectivity index (χ1v) is 7.95. The Morgan fingerprint density at radius 2 is 1.76 bits per heavy atom. The van der Waals surface area contributed by atoms with E-state index in [2.05, 4.69) is 16.0 Å². The minimum absolute atomic E-state index is 0.161. The van der Waals surface area contributed by atoms with Crippen LogP contribution in [0.4, 0.5) is 4.79 Å². The highest BCUT2D eigenvalue weighted by Gasteiger charge is 2.28. The first kappa shape index (κ1) is 20.4. The second-order valence-corrected chi connectivity index (χ2v) is 5.89. The summed E-state index contributed by atoms with van der Waals surface area (Å²) in [7, 11) is 1.34. The average molecular weight is 351 g/mol. The molecule has 0 aliphatic rings. The number of carbonyl (C=O) groups excluding carboxylic acids is 2. The van der Waals surface area contributed by atoms with E-state index < -0.39 is 30.0 Å². The summed E-state index contributed by atoms with van der Waals surface area (Å²) in [6, 6.07) is 6.80. The normalized spacial score (nSPS) is 13.0. The lowest BCUT2D eigenvalue weighted by molar-refractivity contribution is -0.143. The molecule has 0 aliphatic carbocycles. The van der Waals surface area contributed by atoms with Crippen LogP contribution >= 0.6 is 0 Å². The van der Waals surface area contributed by atoms with Gasteiger partial charge in [-0.05, 0) is 11.5 Å². The first-order chi connectivity index (χ1) is 11.8. The molecule has 1 aromatic carbocycles. The molecule has 2 unspecified atom stereocenters. The lowest BCUT2D eigenvalue weighted by atomic mass is 10.0. The molecule has 0 saturated carbocycles. The predicted molar refractivity (Wildman–Crippen MR) is 91.9 cm³/mol. The van der Waals surface area contributed by atoms with Crippen LogP contribution < -0.4 is 16.0 Å². The number of benzene rings is 1. The summed E-state index contributed by atoms with van der Waals surface area (Å²) in [6.45, 7) is 3.67. The number of rotatable bonds is 9. The fraction of sp³-hybridized carbons (Fsp3) is 0.471. The first-order valence-electron chi connectivity index (χ1n) is 7.95. The van der Waals surface area contributed by atoms with Gasteiger partial charge in [-0.15, -0.1) is 0 Å². The molecule has 1 rings (SSSR count). The van der Waals surface area contributed by atoms with Crippen LogP contribution in [0.3, 0.4) is 0 Å². The fourth-order valence-electron chi connectivity index (χ4n) is 2.11. The molecule has 8 nitrogen and oxygen atoms in total. The van der Waals surface area contributed by atoms with Gasteiger partial charge < -0.3 is 25.8 Å². The van der Waals surface area contributed by atoms with E-state index in [0.29, 0.717) is 6.54 Å². The van der Waals surface area contributed by atoms with Crippen molar-refractivity contribution in [3.63, 3.8) is 0 Å². The molecule has 25 heavy (non-hydrogen) atoms. The largest absolute Gasteiger partial charge is 0.480 e. The number of carboxylic acid groups (broad SMARTS) is 1. The minimum Gasteiger partial charge on any atom is -0.480 e. The van der Waals surface area contributed by atoms with Crippen molar-refractivity contribution in [1.82, 2.24) is 16.0 Å². The van der Waals surface area contributed by atoms with Crippen molar-refractivity contribution in [3.8, 4) is 0 Å². The van der Waals surface area contributed by atoms with Gasteiger partial charge in [-0.1, -0.05) is 44.2 Å². The molecule has 2 atom stereocenters. The molecule has 4 N–H and O–H groups in total. The van der Waals surface area contributed by atoms with Crippen molar-refractivity contribution >= 4 is 17.9 Å². The summed E-state index contributed by atoms with van der Waals surface area (Å²) in [5.74, 6) is -2.00. The SMILES string of the molecule is COCC(NC(=O)C(NC(=O)NCc1ccccc1)C(C)C)C(=O)O. The highest BCUT2D eigenvalue weighted by molar-refractivity contribution is 5.90. The second-order valence-electron chi connectivity index (χ2n) is 5.89. The van der Waals surface area contributed by atoms with E-state index in [1.165, 1.54) is 7.11 Å². The maximum Gasteiger partial charge on any atom is 0.328 e. The number of hydrogen-bond acceptors (Lipinski definition) is 4. The molecule has 0 aliphatic heterocycles. The maximum atomic E-state index is 12.3. The molecule has 0 bridgehead atoms. The van der Waals surface area contributed by atoms with Crippen molar-refractivity contribution < 1.29 is 24.2 Å². The van der Waals surface area contributed by atoms with Crippen molar-refractivity contribution in [3.05, 3.63) is 35.9 Å². The van der Waals surface area contributed by atoms with Gasteiger partial charge in [-0.3, -0.25) is 4.79 Å². The van der Waals surface area contributed by atoms with E-state index in [1.807, 2.05) is 30.3 Å². The van der Waals surface area contributed by atoms with Crippen LogP contribution in [0.15, 0.2) is 30.3 Å². The monoisotopic (exact) mass is 351 g/mol. The topological polar surface area (TPSA) is 117 Å². The van der Waals surface area contributed by atoms with Gasteiger partial charge in [0.15, 0.2) is 6.04 Å². The van der Waals surface area contributed by atoms with Crippen LogP contribution in [0, 0.1) is 5.92 Å². The number of carbonyl (C=O) groups is 3. The van der Waals surface area contributed by atoms with E-state index in [1.54, 1.807) is 13.8 Å². The van der Waals surface area contributed by atoms with Crippen LogP contribution in [0.25, 0.3) is 0 Å². The summed E-state index contributed by atoms with van der Waals surface area (Å²) < 4.78 is 4.78. The van der Waals surface area contributed by atoms with E-state index in [4.69, 9.17) is 9.84 Å². The molecule has 0 saturated heterocycles. The number of amides is 3. The summed E-state index contributed by atoms with van der Waals surface area (Å²) in [5.41, 5.74) is 0.925. The molecule has 1 aromatic rings. The number of methoxy groups -OCH3 is 1. The standard InChI is InChI=1S/C17H25N3O5/c1-11(2)14(15(21)19-13(10-25-3)16(22)23)20-17(24)18-9-12-7-5-4-6-8-12/h4-8,11,13-14H,9-10H2,1-3H3,(H,19,21)(H,22,23)(H2,18,20,24). The molecule has 3 amide bonds. The highest BCUT2D eigenvalue weighted by Crippen LogP contribution is 2.03. The third-order valence-corrected chi connectivity index (χ3v) is 3.48. The van der Waals surface area contributed by atoms with Gasteiger partial charge in [0.25, 0.3) is 0 Å². The minimum atomic E-state index is -1.20. The number of ether oxygens (including phenoxy) is 1. The summed E-state index contributed by atoms with van der Waals surface area (Å²) >= 11 is 0. The van der Waals surface area contributed by atoms with Gasteiger partial charge in [0.1, 0.15) is 6.04 Å². The zero-order valence-electron chi connectivity index (χ0n) is 14.6. The molecule has 8 heteroatoms. The second kappa shape index (κ2) is 10.3. The smallest absolute Gasteiger partial charge is 0.328 e. The van der Waals surface area contributed by atoms with Gasteiger partial charge in [-0.25, -0.2) is 9.59 Å². The lowest BCUT2D eigenvalue weighted by Crippen LogP contribution is -2.56. The van der Waals surface area contributed by atoms with Crippen LogP contribution in [0.2, 0.25) is 0 Å². The molecule has 0 fully saturated rings. The van der Waals surface area contributed by atoms with Crippen molar-refractivity contribution in [2.45, 2.75) is 32.5 Å². The zero-order chi connectivity index (χ0) is 18.8. The Balaban J connectivity index is 2.61. The Morgan fingerprint density at radius 1 is 1.12 bits per heavy atom. The Labute approximate surface area is 146 Å². The van der Waals surface area contributed by atoms with E-state index in [9.17, 15) is 14.4 Å². The van der Waals surface area contributed by atoms with Crippen LogP contribution in [0.5, 0.6) is 0 Å². The van der Waals surface area contributed by atoms with Gasteiger partial charge in [0, 0.05) is 13.7 Å². The van der Waals surface area contributed by atoms with Crippen LogP contribution in [-0.4, -0.2) is 48.8 Å². The van der Waals surface area contributed by atoms with Gasteiger partial charge >= 0.3 is 12.0 Å². The number of nitrogens with one attached hydrogen (secondary N) is 3. The number of hydrogen-bond donors (Lipinski definition) is 4. The number of aliphatic carboxylic acids is 1. The zero-order valence-corrected chi connectivity index (χ0v) is 14.6. The highest BCUT2D eigenvalue weighted by atomic mass is 16.5. The summed E-state index contributed by atoms with van der Waals surface area (Å²) in [6.07, 6.45) is 0. The molecular formula is C17H25N3O5. The molecular weight excluding hydrogens is 326 g/mol. The lowest BCUT2D eigenvalue weighted by Gasteiger charge is -2.24.